The summed E-state index contributed by atoms with van der Waals surface area (Å²) in [5, 5.41) is 2.65. The summed E-state index contributed by atoms with van der Waals surface area (Å²) < 4.78 is 23.0. The summed E-state index contributed by atoms with van der Waals surface area (Å²) in [6.45, 7) is 8.42. The summed E-state index contributed by atoms with van der Waals surface area (Å²) in [4.78, 5) is 25.1. The second-order valence-electron chi connectivity index (χ2n) is 6.73. The van der Waals surface area contributed by atoms with Crippen LogP contribution in [-0.4, -0.2) is 23.1 Å². The molecular formula is C22H25FN3O3+. The Kier molecular flexibility index (Phi) is 5.96. The minimum absolute atomic E-state index is 0.133. The Morgan fingerprint density at radius 3 is 2.59 bits per heavy atom. The number of nitrogens with one attached hydrogen (secondary N) is 1. The van der Waals surface area contributed by atoms with Crippen LogP contribution in [-0.2, 0) is 16.1 Å². The first kappa shape index (κ1) is 20.5. The number of ether oxygens (including phenoxy) is 1. The van der Waals surface area contributed by atoms with E-state index in [0.29, 0.717) is 12.1 Å². The number of para-hydroxylation sites is 1. The molecule has 1 amide bonds. The van der Waals surface area contributed by atoms with Crippen LogP contribution in [0.5, 0.6) is 0 Å². The molecule has 1 heterocycles. The van der Waals surface area contributed by atoms with Gasteiger partial charge < -0.3 is 10.1 Å². The van der Waals surface area contributed by atoms with E-state index in [1.54, 1.807) is 38.1 Å². The van der Waals surface area contributed by atoms with Gasteiger partial charge in [0.15, 0.2) is 17.1 Å². The summed E-state index contributed by atoms with van der Waals surface area (Å²) in [6, 6.07) is 10.7. The van der Waals surface area contributed by atoms with Gasteiger partial charge in [-0.05, 0) is 45.0 Å². The van der Waals surface area contributed by atoms with Crippen molar-refractivity contribution in [1.82, 2.24) is 4.57 Å². The van der Waals surface area contributed by atoms with E-state index in [0.717, 1.165) is 16.9 Å². The molecule has 7 heteroatoms. The zero-order valence-corrected chi connectivity index (χ0v) is 17.0. The number of rotatable bonds is 6. The summed E-state index contributed by atoms with van der Waals surface area (Å²) >= 11 is 0. The van der Waals surface area contributed by atoms with Crippen molar-refractivity contribution in [2.45, 2.75) is 40.3 Å². The molecule has 2 aromatic carbocycles. The molecule has 0 unspecified atom stereocenters. The molecule has 0 fully saturated rings. The topological polar surface area (TPSA) is 64.2 Å². The maximum atomic E-state index is 13.9. The van der Waals surface area contributed by atoms with E-state index >= 15 is 0 Å². The number of hydrogen-bond acceptors (Lipinski definition) is 3. The standard InChI is InChI=1S/C22H24FN3O3/c1-5-25-15(4)26(14(3)21(27)24-18-10-8-7-9-17(18)23)20-13-16(11-12-19(20)25)22(28)29-6-2/h7-14H,5-6H2,1-4H3/p+1/t14-/m1/s1. The first-order valence-corrected chi connectivity index (χ1v) is 9.65. The third kappa shape index (κ3) is 3.85. The number of aryl methyl sites for hydroxylation is 1. The van der Waals surface area contributed by atoms with Crippen LogP contribution in [0.25, 0.3) is 11.0 Å². The number of carbonyl (C=O) groups is 2. The second kappa shape index (κ2) is 8.43. The van der Waals surface area contributed by atoms with Crippen molar-refractivity contribution in [3.63, 3.8) is 0 Å². The van der Waals surface area contributed by atoms with Crippen molar-refractivity contribution in [2.24, 2.45) is 0 Å². The van der Waals surface area contributed by atoms with Crippen molar-refractivity contribution in [3.8, 4) is 0 Å². The fourth-order valence-corrected chi connectivity index (χ4v) is 3.57. The first-order valence-electron chi connectivity index (χ1n) is 9.65. The SMILES string of the molecule is CCOC(=O)c1ccc2c(c1)n([C@H](C)C(=O)Nc1ccccc1F)c(C)[n+]2CC. The smallest absolute Gasteiger partial charge is 0.338 e. The van der Waals surface area contributed by atoms with Crippen molar-refractivity contribution in [1.29, 1.82) is 0 Å². The predicted molar refractivity (Wildman–Crippen MR) is 108 cm³/mol. The summed E-state index contributed by atoms with van der Waals surface area (Å²) in [6.07, 6.45) is 0. The average molecular weight is 398 g/mol. The van der Waals surface area contributed by atoms with Crippen LogP contribution < -0.4 is 9.88 Å². The van der Waals surface area contributed by atoms with E-state index in [4.69, 9.17) is 4.74 Å². The highest BCUT2D eigenvalue weighted by Crippen LogP contribution is 2.23. The third-order valence-electron chi connectivity index (χ3n) is 4.99. The number of halogens is 1. The van der Waals surface area contributed by atoms with Crippen molar-refractivity contribution in [2.75, 3.05) is 11.9 Å². The number of anilines is 1. The van der Waals surface area contributed by atoms with Crippen LogP contribution in [0.1, 0.15) is 43.0 Å². The highest BCUT2D eigenvalue weighted by molar-refractivity contribution is 5.96. The highest BCUT2D eigenvalue weighted by Gasteiger charge is 2.30. The van der Waals surface area contributed by atoms with E-state index in [2.05, 4.69) is 9.88 Å². The number of aromatic nitrogens is 2. The van der Waals surface area contributed by atoms with Gasteiger partial charge in [-0.15, -0.1) is 0 Å². The van der Waals surface area contributed by atoms with Crippen LogP contribution in [0, 0.1) is 12.7 Å². The molecule has 0 saturated heterocycles. The predicted octanol–water partition coefficient (Wildman–Crippen LogP) is 3.77. The summed E-state index contributed by atoms with van der Waals surface area (Å²) in [5.74, 6) is -0.388. The van der Waals surface area contributed by atoms with Gasteiger partial charge in [-0.2, -0.15) is 0 Å². The summed E-state index contributed by atoms with van der Waals surface area (Å²) in [7, 11) is 0. The third-order valence-corrected chi connectivity index (χ3v) is 4.99. The lowest BCUT2D eigenvalue weighted by Gasteiger charge is -2.12. The number of hydrogen-bond donors (Lipinski definition) is 1. The Morgan fingerprint density at radius 1 is 1.21 bits per heavy atom. The van der Waals surface area contributed by atoms with E-state index in [9.17, 15) is 14.0 Å². The number of benzene rings is 2. The van der Waals surface area contributed by atoms with Gasteiger partial charge in [0.2, 0.25) is 0 Å². The van der Waals surface area contributed by atoms with Crippen LogP contribution in [0.15, 0.2) is 42.5 Å². The molecule has 3 aromatic rings. The lowest BCUT2D eigenvalue weighted by atomic mass is 10.2. The van der Waals surface area contributed by atoms with E-state index in [1.165, 1.54) is 12.1 Å². The quantitative estimate of drug-likeness (QED) is 0.508. The van der Waals surface area contributed by atoms with Gasteiger partial charge in [0.05, 0.1) is 24.4 Å². The minimum Gasteiger partial charge on any atom is -0.462 e. The van der Waals surface area contributed by atoms with Crippen molar-refractivity contribution in [3.05, 3.63) is 59.7 Å². The molecule has 0 spiro atoms. The Bertz CT molecular complexity index is 1070. The maximum absolute atomic E-state index is 13.9. The van der Waals surface area contributed by atoms with Gasteiger partial charge in [-0.3, -0.25) is 4.79 Å². The molecular weight excluding hydrogens is 373 g/mol. The molecule has 0 aliphatic carbocycles. The van der Waals surface area contributed by atoms with E-state index in [1.807, 2.05) is 24.5 Å². The van der Waals surface area contributed by atoms with Crippen LogP contribution in [0.2, 0.25) is 0 Å². The molecule has 0 saturated carbocycles. The van der Waals surface area contributed by atoms with Crippen molar-refractivity contribution < 1.29 is 23.3 Å². The molecule has 0 aliphatic rings. The molecule has 0 radical (unpaired) electrons. The lowest BCUT2D eigenvalue weighted by Crippen LogP contribution is -2.36. The van der Waals surface area contributed by atoms with Gasteiger partial charge in [-0.25, -0.2) is 18.3 Å². The minimum atomic E-state index is -0.623. The maximum Gasteiger partial charge on any atom is 0.338 e. The van der Waals surface area contributed by atoms with E-state index < -0.39 is 17.8 Å². The molecule has 1 aromatic heterocycles. The van der Waals surface area contributed by atoms with Gasteiger partial charge in [0.1, 0.15) is 5.82 Å². The zero-order chi connectivity index (χ0) is 21.1. The average Bonchev–Trinajstić information content (AvgIpc) is 2.99. The molecule has 0 bridgehead atoms. The Balaban J connectivity index is 2.05. The zero-order valence-electron chi connectivity index (χ0n) is 17.0. The van der Waals surface area contributed by atoms with Gasteiger partial charge >= 0.3 is 5.97 Å². The number of esters is 1. The molecule has 0 aliphatic heterocycles. The Labute approximate surface area is 168 Å². The Morgan fingerprint density at radius 2 is 1.93 bits per heavy atom. The molecule has 29 heavy (non-hydrogen) atoms. The number of carbonyl (C=O) groups excluding carboxylic acids is 2. The number of amides is 1. The molecule has 6 nitrogen and oxygen atoms in total. The summed E-state index contributed by atoms with van der Waals surface area (Å²) in [5.41, 5.74) is 2.20. The molecule has 1 N–H and O–H groups in total. The van der Waals surface area contributed by atoms with Gasteiger partial charge in [0.25, 0.3) is 11.7 Å². The second-order valence-corrected chi connectivity index (χ2v) is 6.73. The normalized spacial score (nSPS) is 12.0. The largest absolute Gasteiger partial charge is 0.462 e. The van der Waals surface area contributed by atoms with E-state index in [-0.39, 0.29) is 18.2 Å². The van der Waals surface area contributed by atoms with Crippen LogP contribution in [0.3, 0.4) is 0 Å². The molecule has 1 atom stereocenters. The number of imidazole rings is 1. The lowest BCUT2D eigenvalue weighted by molar-refractivity contribution is -0.675. The number of nitrogens with zero attached hydrogens (tertiary/aromatic N) is 2. The molecule has 3 rings (SSSR count). The monoisotopic (exact) mass is 398 g/mol. The molecule has 152 valence electrons. The van der Waals surface area contributed by atoms with Gasteiger partial charge in [-0.1, -0.05) is 12.1 Å². The first-order chi connectivity index (χ1) is 13.9. The van der Waals surface area contributed by atoms with Crippen LogP contribution in [0.4, 0.5) is 10.1 Å². The fourth-order valence-electron chi connectivity index (χ4n) is 3.57. The highest BCUT2D eigenvalue weighted by atomic mass is 19.1. The fraction of sp³-hybridized carbons (Fsp3) is 0.318. The Hall–Kier alpha value is -3.22. The van der Waals surface area contributed by atoms with Crippen molar-refractivity contribution >= 4 is 28.6 Å². The van der Waals surface area contributed by atoms with Gasteiger partial charge in [0, 0.05) is 13.0 Å². The van der Waals surface area contributed by atoms with Crippen LogP contribution >= 0.6 is 0 Å². The number of fused-ring (bicyclic) bond motifs is 1.